The fraction of sp³-hybridized carbons (Fsp3) is 0.556. The Kier molecular flexibility index (Phi) is 4.07. The number of hydrogen-bond donors (Lipinski definition) is 0. The summed E-state index contributed by atoms with van der Waals surface area (Å²) in [6, 6.07) is 1.87. The van der Waals surface area contributed by atoms with Crippen LogP contribution in [0.5, 0.6) is 0 Å². The van der Waals surface area contributed by atoms with Crippen molar-refractivity contribution < 1.29 is 9.53 Å². The zero-order chi connectivity index (χ0) is 10.7. The quantitative estimate of drug-likeness (QED) is 0.798. The van der Waals surface area contributed by atoms with E-state index in [0.717, 1.165) is 9.48 Å². The second kappa shape index (κ2) is 4.89. The first-order valence-corrected chi connectivity index (χ1v) is 5.82. The lowest BCUT2D eigenvalue weighted by Gasteiger charge is -2.15. The predicted molar refractivity (Wildman–Crippen MR) is 59.4 cm³/mol. The first kappa shape index (κ1) is 11.7. The highest BCUT2D eigenvalue weighted by molar-refractivity contribution is 9.11. The van der Waals surface area contributed by atoms with Gasteiger partial charge in [-0.3, -0.25) is 4.79 Å². The van der Waals surface area contributed by atoms with Crippen molar-refractivity contribution >= 4 is 33.4 Å². The second-order valence-corrected chi connectivity index (χ2v) is 5.48. The van der Waals surface area contributed by atoms with Crippen molar-refractivity contribution in [3.63, 3.8) is 0 Å². The third-order valence-corrected chi connectivity index (χ3v) is 3.20. The van der Waals surface area contributed by atoms with Gasteiger partial charge in [-0.25, -0.2) is 0 Å². The van der Waals surface area contributed by atoms with E-state index in [1.807, 2.05) is 19.9 Å². The fourth-order valence-corrected chi connectivity index (χ4v) is 2.26. The van der Waals surface area contributed by atoms with Crippen LogP contribution in [0.25, 0.3) is 0 Å². The van der Waals surface area contributed by atoms with E-state index in [-0.39, 0.29) is 17.8 Å². The molecule has 78 valence electrons. The van der Waals surface area contributed by atoms with Crippen LogP contribution in [0.3, 0.4) is 0 Å². The minimum absolute atomic E-state index is 0.191. The maximum atomic E-state index is 11.5. The summed E-state index contributed by atoms with van der Waals surface area (Å²) < 4.78 is 9.88. The average molecular weight is 278 g/mol. The number of halogens is 1. The standard InChI is InChI=1S/C9H12BrNO2S/c1-5(2)8(9(12)13-3)6-4-7(10)14-11-6/h4-5,8H,1-3H3. The van der Waals surface area contributed by atoms with Crippen LogP contribution in [0.15, 0.2) is 9.85 Å². The summed E-state index contributed by atoms with van der Waals surface area (Å²) in [7, 11) is 1.40. The maximum absolute atomic E-state index is 11.5. The molecule has 0 aromatic carbocycles. The van der Waals surface area contributed by atoms with E-state index in [9.17, 15) is 4.79 Å². The lowest BCUT2D eigenvalue weighted by molar-refractivity contribution is -0.143. The van der Waals surface area contributed by atoms with Crippen LogP contribution in [-0.2, 0) is 9.53 Å². The molecule has 0 radical (unpaired) electrons. The fourth-order valence-electron chi connectivity index (χ4n) is 1.27. The van der Waals surface area contributed by atoms with Gasteiger partial charge < -0.3 is 4.74 Å². The SMILES string of the molecule is COC(=O)C(c1cc(Br)sn1)C(C)C. The molecule has 1 aromatic rings. The predicted octanol–water partition coefficient (Wildman–Crippen LogP) is 2.82. The van der Waals surface area contributed by atoms with Crippen molar-refractivity contribution in [3.05, 3.63) is 15.5 Å². The number of esters is 1. The monoisotopic (exact) mass is 277 g/mol. The Bertz CT molecular complexity index is 324. The minimum Gasteiger partial charge on any atom is -0.468 e. The number of carbonyl (C=O) groups excluding carboxylic acids is 1. The Balaban J connectivity index is 2.94. The Morgan fingerprint density at radius 1 is 1.64 bits per heavy atom. The highest BCUT2D eigenvalue weighted by Gasteiger charge is 2.27. The molecule has 1 rings (SSSR count). The van der Waals surface area contributed by atoms with Crippen molar-refractivity contribution in [2.75, 3.05) is 7.11 Å². The molecule has 1 aromatic heterocycles. The third kappa shape index (κ3) is 2.54. The Morgan fingerprint density at radius 3 is 2.64 bits per heavy atom. The molecule has 0 fully saturated rings. The van der Waals surface area contributed by atoms with Crippen LogP contribution >= 0.6 is 27.5 Å². The normalized spacial score (nSPS) is 12.9. The molecule has 0 aliphatic rings. The van der Waals surface area contributed by atoms with Gasteiger partial charge in [0.25, 0.3) is 0 Å². The molecule has 0 saturated heterocycles. The van der Waals surface area contributed by atoms with Gasteiger partial charge in [-0.1, -0.05) is 13.8 Å². The highest BCUT2D eigenvalue weighted by Crippen LogP contribution is 2.28. The van der Waals surface area contributed by atoms with Gasteiger partial charge in [0.2, 0.25) is 0 Å². The van der Waals surface area contributed by atoms with E-state index in [0.29, 0.717) is 0 Å². The van der Waals surface area contributed by atoms with E-state index >= 15 is 0 Å². The third-order valence-electron chi connectivity index (χ3n) is 1.94. The minimum atomic E-state index is -0.262. The molecular formula is C9H12BrNO2S. The molecule has 0 saturated carbocycles. The molecule has 0 aliphatic heterocycles. The molecule has 0 amide bonds. The number of rotatable bonds is 3. The van der Waals surface area contributed by atoms with Crippen molar-refractivity contribution in [3.8, 4) is 0 Å². The molecule has 14 heavy (non-hydrogen) atoms. The zero-order valence-corrected chi connectivity index (χ0v) is 10.7. The van der Waals surface area contributed by atoms with Crippen LogP contribution in [0, 0.1) is 5.92 Å². The van der Waals surface area contributed by atoms with Gasteiger partial charge in [0, 0.05) is 0 Å². The number of nitrogens with zero attached hydrogens (tertiary/aromatic N) is 1. The van der Waals surface area contributed by atoms with E-state index in [1.54, 1.807) is 0 Å². The van der Waals surface area contributed by atoms with Crippen LogP contribution < -0.4 is 0 Å². The zero-order valence-electron chi connectivity index (χ0n) is 8.28. The maximum Gasteiger partial charge on any atom is 0.315 e. The van der Waals surface area contributed by atoms with Crippen LogP contribution in [0.1, 0.15) is 25.5 Å². The molecule has 0 aliphatic carbocycles. The van der Waals surface area contributed by atoms with Gasteiger partial charge in [-0.15, -0.1) is 0 Å². The molecule has 1 atom stereocenters. The van der Waals surface area contributed by atoms with Crippen molar-refractivity contribution in [2.45, 2.75) is 19.8 Å². The molecule has 3 nitrogen and oxygen atoms in total. The summed E-state index contributed by atoms with van der Waals surface area (Å²) in [5.74, 6) is -0.295. The highest BCUT2D eigenvalue weighted by atomic mass is 79.9. The van der Waals surface area contributed by atoms with Crippen LogP contribution in [0.2, 0.25) is 0 Å². The van der Waals surface area contributed by atoms with E-state index in [2.05, 4.69) is 20.3 Å². The lowest BCUT2D eigenvalue weighted by atomic mass is 9.93. The molecule has 0 N–H and O–H groups in total. The summed E-state index contributed by atoms with van der Waals surface area (Å²) in [5, 5.41) is 0. The summed E-state index contributed by atoms with van der Waals surface area (Å²) in [4.78, 5) is 11.5. The summed E-state index contributed by atoms with van der Waals surface area (Å²) in [6.45, 7) is 3.96. The Morgan fingerprint density at radius 2 is 2.29 bits per heavy atom. The summed E-state index contributed by atoms with van der Waals surface area (Å²) >= 11 is 4.66. The Labute approximate surface area is 95.8 Å². The number of methoxy groups -OCH3 is 1. The topological polar surface area (TPSA) is 39.2 Å². The van der Waals surface area contributed by atoms with Crippen molar-refractivity contribution in [1.29, 1.82) is 0 Å². The number of aromatic nitrogens is 1. The summed E-state index contributed by atoms with van der Waals surface area (Å²) in [5.41, 5.74) is 0.781. The Hall–Kier alpha value is -0.420. The van der Waals surface area contributed by atoms with E-state index in [1.165, 1.54) is 18.6 Å². The largest absolute Gasteiger partial charge is 0.468 e. The average Bonchev–Trinajstić information content (AvgIpc) is 2.51. The van der Waals surface area contributed by atoms with Gasteiger partial charge in [-0.05, 0) is 39.4 Å². The second-order valence-electron chi connectivity index (χ2n) is 3.30. The van der Waals surface area contributed by atoms with Gasteiger partial charge in [-0.2, -0.15) is 4.37 Å². The molecule has 0 spiro atoms. The summed E-state index contributed by atoms with van der Waals surface area (Å²) in [6.07, 6.45) is 0. The van der Waals surface area contributed by atoms with E-state index in [4.69, 9.17) is 4.74 Å². The van der Waals surface area contributed by atoms with Crippen molar-refractivity contribution in [1.82, 2.24) is 4.37 Å². The first-order chi connectivity index (χ1) is 6.56. The smallest absolute Gasteiger partial charge is 0.315 e. The van der Waals surface area contributed by atoms with Gasteiger partial charge >= 0.3 is 5.97 Å². The van der Waals surface area contributed by atoms with Crippen molar-refractivity contribution in [2.24, 2.45) is 5.92 Å². The molecule has 1 heterocycles. The van der Waals surface area contributed by atoms with Crippen LogP contribution in [-0.4, -0.2) is 17.5 Å². The molecule has 5 heteroatoms. The number of ether oxygens (including phenoxy) is 1. The van der Waals surface area contributed by atoms with E-state index < -0.39 is 0 Å². The molecular weight excluding hydrogens is 266 g/mol. The first-order valence-electron chi connectivity index (χ1n) is 4.26. The van der Waals surface area contributed by atoms with Gasteiger partial charge in [0.15, 0.2) is 0 Å². The number of carbonyl (C=O) groups is 1. The lowest BCUT2D eigenvalue weighted by Crippen LogP contribution is -2.19. The molecule has 0 bridgehead atoms. The van der Waals surface area contributed by atoms with Gasteiger partial charge in [0.05, 0.1) is 16.6 Å². The molecule has 1 unspecified atom stereocenters. The number of hydrogen-bond acceptors (Lipinski definition) is 4. The van der Waals surface area contributed by atoms with Gasteiger partial charge in [0.1, 0.15) is 5.92 Å². The van der Waals surface area contributed by atoms with Crippen LogP contribution in [0.4, 0.5) is 0 Å².